The number of rotatable bonds is 8. The number of aryl methyl sites for hydroxylation is 2. The van der Waals surface area contributed by atoms with E-state index < -0.39 is 0 Å². The number of amides is 1. The van der Waals surface area contributed by atoms with Crippen molar-refractivity contribution in [3.63, 3.8) is 0 Å². The van der Waals surface area contributed by atoms with Gasteiger partial charge < -0.3 is 5.32 Å². The standard InChI is InChI=1S/C19H27N3O2S/c1-3-5-7-13(4-2)10-20-16(23)11-22-12-21-18-17(19(22)24)14-8-6-9-15(14)25-18/h12-13H,3-11H2,1-2H3,(H,20,23)/t13-/m0/s1. The van der Waals surface area contributed by atoms with Crippen molar-refractivity contribution in [1.29, 1.82) is 0 Å². The summed E-state index contributed by atoms with van der Waals surface area (Å²) < 4.78 is 1.45. The van der Waals surface area contributed by atoms with Crippen LogP contribution in [0.1, 0.15) is 56.4 Å². The molecule has 25 heavy (non-hydrogen) atoms. The second-order valence-corrected chi connectivity index (χ2v) is 8.02. The third-order valence-corrected chi connectivity index (χ3v) is 6.34. The summed E-state index contributed by atoms with van der Waals surface area (Å²) in [6.45, 7) is 5.08. The average molecular weight is 362 g/mol. The molecule has 0 aromatic carbocycles. The van der Waals surface area contributed by atoms with E-state index in [4.69, 9.17) is 0 Å². The van der Waals surface area contributed by atoms with Gasteiger partial charge in [0, 0.05) is 11.4 Å². The minimum atomic E-state index is -0.106. The Kier molecular flexibility index (Phi) is 5.89. The SMILES string of the molecule is CCCC[C@H](CC)CNC(=O)Cn1cnc2sc3c(c2c1=O)CCC3. The number of carbonyl (C=O) groups is 1. The lowest BCUT2D eigenvalue weighted by atomic mass is 9.99. The molecular weight excluding hydrogens is 334 g/mol. The molecule has 0 bridgehead atoms. The number of thiophene rings is 1. The first kappa shape index (κ1) is 18.1. The van der Waals surface area contributed by atoms with Crippen molar-refractivity contribution in [2.24, 2.45) is 5.92 Å². The van der Waals surface area contributed by atoms with E-state index in [0.717, 1.165) is 47.9 Å². The van der Waals surface area contributed by atoms with Gasteiger partial charge in [-0.05, 0) is 37.2 Å². The second-order valence-electron chi connectivity index (χ2n) is 6.94. The van der Waals surface area contributed by atoms with Crippen LogP contribution in [0.5, 0.6) is 0 Å². The zero-order valence-electron chi connectivity index (χ0n) is 15.1. The summed E-state index contributed by atoms with van der Waals surface area (Å²) in [5.41, 5.74) is 1.09. The molecule has 1 amide bonds. The Morgan fingerprint density at radius 3 is 3.00 bits per heavy atom. The molecule has 1 N–H and O–H groups in total. The molecule has 0 fully saturated rings. The van der Waals surface area contributed by atoms with Crippen LogP contribution in [0.2, 0.25) is 0 Å². The number of hydrogen-bond acceptors (Lipinski definition) is 4. The van der Waals surface area contributed by atoms with Gasteiger partial charge in [0.25, 0.3) is 5.56 Å². The van der Waals surface area contributed by atoms with Crippen molar-refractivity contribution >= 4 is 27.5 Å². The molecule has 0 aliphatic heterocycles. The third-order valence-electron chi connectivity index (χ3n) is 5.14. The minimum Gasteiger partial charge on any atom is -0.354 e. The number of hydrogen-bond donors (Lipinski definition) is 1. The van der Waals surface area contributed by atoms with Gasteiger partial charge in [-0.25, -0.2) is 4.98 Å². The Hall–Kier alpha value is -1.69. The van der Waals surface area contributed by atoms with E-state index in [1.807, 2.05) is 0 Å². The van der Waals surface area contributed by atoms with Crippen LogP contribution in [0.3, 0.4) is 0 Å². The van der Waals surface area contributed by atoms with E-state index in [1.165, 1.54) is 28.6 Å². The lowest BCUT2D eigenvalue weighted by molar-refractivity contribution is -0.121. The fraction of sp³-hybridized carbons (Fsp3) is 0.632. The van der Waals surface area contributed by atoms with Crippen molar-refractivity contribution in [2.45, 2.75) is 65.3 Å². The summed E-state index contributed by atoms with van der Waals surface area (Å²) in [7, 11) is 0. The van der Waals surface area contributed by atoms with Gasteiger partial charge in [0.05, 0.1) is 11.7 Å². The highest BCUT2D eigenvalue weighted by Crippen LogP contribution is 2.34. The summed E-state index contributed by atoms with van der Waals surface area (Å²) in [5.74, 6) is 0.409. The Morgan fingerprint density at radius 2 is 2.24 bits per heavy atom. The molecule has 1 aliphatic rings. The van der Waals surface area contributed by atoms with Crippen molar-refractivity contribution < 1.29 is 4.79 Å². The molecule has 2 heterocycles. The highest BCUT2D eigenvalue weighted by atomic mass is 32.1. The highest BCUT2D eigenvalue weighted by Gasteiger charge is 2.21. The van der Waals surface area contributed by atoms with E-state index in [-0.39, 0.29) is 18.0 Å². The van der Waals surface area contributed by atoms with Crippen molar-refractivity contribution in [3.05, 3.63) is 27.1 Å². The van der Waals surface area contributed by atoms with Crippen molar-refractivity contribution in [1.82, 2.24) is 14.9 Å². The number of carbonyl (C=O) groups excluding carboxylic acids is 1. The molecule has 3 rings (SSSR count). The molecule has 0 saturated heterocycles. The van der Waals surface area contributed by atoms with Crippen LogP contribution in [0, 0.1) is 5.92 Å². The fourth-order valence-corrected chi connectivity index (χ4v) is 4.76. The minimum absolute atomic E-state index is 0.0522. The first-order valence-corrected chi connectivity index (χ1v) is 10.2. The molecule has 1 atom stereocenters. The van der Waals surface area contributed by atoms with E-state index in [2.05, 4.69) is 24.1 Å². The van der Waals surface area contributed by atoms with Crippen molar-refractivity contribution in [2.75, 3.05) is 6.54 Å². The van der Waals surface area contributed by atoms with Crippen LogP contribution in [0.4, 0.5) is 0 Å². The summed E-state index contributed by atoms with van der Waals surface area (Å²) in [5, 5.41) is 3.73. The number of nitrogens with one attached hydrogen (secondary N) is 1. The zero-order chi connectivity index (χ0) is 17.8. The number of unbranched alkanes of at least 4 members (excludes halogenated alkanes) is 1. The van der Waals surface area contributed by atoms with Gasteiger partial charge in [0.2, 0.25) is 5.91 Å². The summed E-state index contributed by atoms with van der Waals surface area (Å²) >= 11 is 1.63. The lowest BCUT2D eigenvalue weighted by Gasteiger charge is -2.15. The first-order chi connectivity index (χ1) is 12.1. The summed E-state index contributed by atoms with van der Waals surface area (Å²) in [6, 6.07) is 0. The molecule has 0 radical (unpaired) electrons. The van der Waals surface area contributed by atoms with Crippen LogP contribution in [-0.4, -0.2) is 22.0 Å². The van der Waals surface area contributed by atoms with Gasteiger partial charge in [-0.2, -0.15) is 0 Å². The molecule has 2 aromatic heterocycles. The maximum absolute atomic E-state index is 12.8. The van der Waals surface area contributed by atoms with Gasteiger partial charge in [-0.3, -0.25) is 14.2 Å². The zero-order valence-corrected chi connectivity index (χ0v) is 16.0. The number of nitrogens with zero attached hydrogens (tertiary/aromatic N) is 2. The topological polar surface area (TPSA) is 64.0 Å². The molecule has 0 spiro atoms. The summed E-state index contributed by atoms with van der Waals surface area (Å²) in [4.78, 5) is 31.6. The van der Waals surface area contributed by atoms with Crippen molar-refractivity contribution in [3.8, 4) is 0 Å². The number of aromatic nitrogens is 2. The van der Waals surface area contributed by atoms with E-state index in [9.17, 15) is 9.59 Å². The van der Waals surface area contributed by atoms with Crippen LogP contribution in [0.25, 0.3) is 10.2 Å². The predicted molar refractivity (Wildman–Crippen MR) is 102 cm³/mol. The Morgan fingerprint density at radius 1 is 1.40 bits per heavy atom. The van der Waals surface area contributed by atoms with Crippen LogP contribution in [0.15, 0.2) is 11.1 Å². The molecule has 1 aliphatic carbocycles. The van der Waals surface area contributed by atoms with Crippen LogP contribution >= 0.6 is 11.3 Å². The molecule has 0 unspecified atom stereocenters. The Bertz CT molecular complexity index is 809. The van der Waals surface area contributed by atoms with Gasteiger partial charge in [0.1, 0.15) is 11.4 Å². The Labute approximate surface area is 152 Å². The average Bonchev–Trinajstić information content (AvgIpc) is 3.18. The monoisotopic (exact) mass is 361 g/mol. The van der Waals surface area contributed by atoms with Crippen LogP contribution < -0.4 is 10.9 Å². The highest BCUT2D eigenvalue weighted by molar-refractivity contribution is 7.18. The van der Waals surface area contributed by atoms with E-state index >= 15 is 0 Å². The molecule has 0 saturated carbocycles. The largest absolute Gasteiger partial charge is 0.354 e. The molecule has 6 heteroatoms. The molecule has 2 aromatic rings. The number of fused-ring (bicyclic) bond motifs is 3. The van der Waals surface area contributed by atoms with Crippen LogP contribution in [-0.2, 0) is 24.2 Å². The smallest absolute Gasteiger partial charge is 0.262 e. The van der Waals surface area contributed by atoms with E-state index in [0.29, 0.717) is 12.5 Å². The fourth-order valence-electron chi connectivity index (χ4n) is 3.54. The molecule has 5 nitrogen and oxygen atoms in total. The van der Waals surface area contributed by atoms with Gasteiger partial charge in [-0.15, -0.1) is 11.3 Å². The van der Waals surface area contributed by atoms with Gasteiger partial charge in [-0.1, -0.05) is 33.1 Å². The van der Waals surface area contributed by atoms with Gasteiger partial charge >= 0.3 is 0 Å². The third kappa shape index (κ3) is 3.94. The predicted octanol–water partition coefficient (Wildman–Crippen LogP) is 3.28. The molecular formula is C19H27N3O2S. The maximum Gasteiger partial charge on any atom is 0.262 e. The Balaban J connectivity index is 1.67. The maximum atomic E-state index is 12.8. The van der Waals surface area contributed by atoms with Gasteiger partial charge in [0.15, 0.2) is 0 Å². The van der Waals surface area contributed by atoms with E-state index in [1.54, 1.807) is 11.3 Å². The molecule has 136 valence electrons. The second kappa shape index (κ2) is 8.13. The normalized spacial score (nSPS) is 14.6. The first-order valence-electron chi connectivity index (χ1n) is 9.40. The quantitative estimate of drug-likeness (QED) is 0.785. The summed E-state index contributed by atoms with van der Waals surface area (Å²) in [6.07, 6.45) is 9.21. The lowest BCUT2D eigenvalue weighted by Crippen LogP contribution is -2.35.